The van der Waals surface area contributed by atoms with Crippen molar-refractivity contribution in [2.75, 3.05) is 13.2 Å². The van der Waals surface area contributed by atoms with Gasteiger partial charge in [-0.1, -0.05) is 6.92 Å². The van der Waals surface area contributed by atoms with E-state index in [0.29, 0.717) is 18.8 Å². The number of carbonyl (C=O) groups excluding carboxylic acids is 1. The lowest BCUT2D eigenvalue weighted by Gasteiger charge is -2.11. The molecule has 0 unspecified atom stereocenters. The second-order valence-corrected chi connectivity index (χ2v) is 5.44. The molecule has 1 aromatic carbocycles. The highest BCUT2D eigenvalue weighted by Gasteiger charge is 2.10. The minimum absolute atomic E-state index is 0.000822. The van der Waals surface area contributed by atoms with Gasteiger partial charge < -0.3 is 15.8 Å². The number of amides is 1. The molecule has 0 aliphatic heterocycles. The molecule has 0 aliphatic carbocycles. The maximum atomic E-state index is 11.4. The van der Waals surface area contributed by atoms with Crippen LogP contribution in [0, 0.1) is 0 Å². The molecular weight excluding hydrogens is 364 g/mol. The lowest BCUT2D eigenvalue weighted by atomic mass is 10.2. The highest BCUT2D eigenvalue weighted by atomic mass is 79.9. The van der Waals surface area contributed by atoms with E-state index in [0.717, 1.165) is 20.9 Å². The summed E-state index contributed by atoms with van der Waals surface area (Å²) in [6, 6.07) is 3.76. The van der Waals surface area contributed by atoms with E-state index in [4.69, 9.17) is 10.5 Å². The normalized spacial score (nSPS) is 10.2. The van der Waals surface area contributed by atoms with E-state index in [1.165, 1.54) is 0 Å². The first-order chi connectivity index (χ1) is 8.58. The van der Waals surface area contributed by atoms with Crippen LogP contribution in [0.2, 0.25) is 0 Å². The lowest BCUT2D eigenvalue weighted by Crippen LogP contribution is -2.29. The van der Waals surface area contributed by atoms with Gasteiger partial charge in [-0.3, -0.25) is 4.79 Å². The lowest BCUT2D eigenvalue weighted by molar-refractivity contribution is -0.123. The minimum atomic E-state index is -0.126. The number of ether oxygens (including phenoxy) is 1. The molecule has 0 fully saturated rings. The number of hydrogen-bond donors (Lipinski definition) is 2. The Morgan fingerprint density at radius 1 is 1.39 bits per heavy atom. The molecule has 100 valence electrons. The van der Waals surface area contributed by atoms with E-state index in [1.54, 1.807) is 0 Å². The highest BCUT2D eigenvalue weighted by molar-refractivity contribution is 9.11. The van der Waals surface area contributed by atoms with Crippen LogP contribution in [0.25, 0.3) is 0 Å². The van der Waals surface area contributed by atoms with E-state index in [-0.39, 0.29) is 12.5 Å². The number of nitrogens with one attached hydrogen (secondary N) is 1. The van der Waals surface area contributed by atoms with Crippen molar-refractivity contribution in [2.45, 2.75) is 19.9 Å². The van der Waals surface area contributed by atoms with Gasteiger partial charge in [0.25, 0.3) is 5.91 Å². The monoisotopic (exact) mass is 378 g/mol. The van der Waals surface area contributed by atoms with Gasteiger partial charge >= 0.3 is 0 Å². The van der Waals surface area contributed by atoms with Gasteiger partial charge in [0.05, 0.1) is 8.95 Å². The highest BCUT2D eigenvalue weighted by Crippen LogP contribution is 2.34. The van der Waals surface area contributed by atoms with Crippen molar-refractivity contribution < 1.29 is 9.53 Å². The van der Waals surface area contributed by atoms with Crippen molar-refractivity contribution in [3.05, 3.63) is 26.6 Å². The average molecular weight is 380 g/mol. The van der Waals surface area contributed by atoms with Crippen molar-refractivity contribution >= 4 is 37.8 Å². The zero-order valence-electron chi connectivity index (χ0n) is 10.1. The first-order valence-electron chi connectivity index (χ1n) is 5.66. The van der Waals surface area contributed by atoms with Gasteiger partial charge in [0.15, 0.2) is 6.61 Å². The number of hydrogen-bond acceptors (Lipinski definition) is 3. The molecule has 1 aromatic rings. The Hall–Kier alpha value is -0.590. The largest absolute Gasteiger partial charge is 0.481 e. The Morgan fingerprint density at radius 2 is 2.00 bits per heavy atom. The summed E-state index contributed by atoms with van der Waals surface area (Å²) in [5.41, 5.74) is 6.55. The Bertz CT molecular complexity index is 402. The van der Waals surface area contributed by atoms with Crippen LogP contribution >= 0.6 is 31.9 Å². The van der Waals surface area contributed by atoms with Crippen LogP contribution in [0.5, 0.6) is 5.75 Å². The van der Waals surface area contributed by atoms with E-state index < -0.39 is 0 Å². The average Bonchev–Trinajstić information content (AvgIpc) is 2.34. The van der Waals surface area contributed by atoms with Crippen molar-refractivity contribution in [2.24, 2.45) is 5.73 Å². The molecule has 6 heteroatoms. The van der Waals surface area contributed by atoms with Crippen molar-refractivity contribution in [3.63, 3.8) is 0 Å². The van der Waals surface area contributed by atoms with Crippen LogP contribution < -0.4 is 15.8 Å². The fourth-order valence-electron chi connectivity index (χ4n) is 1.32. The Morgan fingerprint density at radius 3 is 2.50 bits per heavy atom. The standard InChI is InChI=1S/C12H16Br2N2O2/c1-2-3-16-11(17)7-18-12-9(13)4-8(6-15)5-10(12)14/h4-5H,2-3,6-7,15H2,1H3,(H,16,17). The zero-order valence-corrected chi connectivity index (χ0v) is 13.3. The molecule has 0 saturated heterocycles. The number of nitrogens with two attached hydrogens (primary N) is 1. The molecule has 18 heavy (non-hydrogen) atoms. The molecule has 1 rings (SSSR count). The number of carbonyl (C=O) groups is 1. The third kappa shape index (κ3) is 4.59. The molecule has 0 aliphatic rings. The maximum absolute atomic E-state index is 11.4. The van der Waals surface area contributed by atoms with Crippen LogP contribution in [0.3, 0.4) is 0 Å². The predicted octanol–water partition coefficient (Wildman–Crippen LogP) is 2.58. The molecule has 0 aromatic heterocycles. The summed E-state index contributed by atoms with van der Waals surface area (Å²) >= 11 is 6.80. The minimum Gasteiger partial charge on any atom is -0.481 e. The smallest absolute Gasteiger partial charge is 0.257 e. The molecule has 0 spiro atoms. The van der Waals surface area contributed by atoms with Crippen LogP contribution in [-0.2, 0) is 11.3 Å². The molecule has 0 bridgehead atoms. The fourth-order valence-corrected chi connectivity index (χ4v) is 2.83. The Labute approximate surface area is 124 Å². The molecule has 0 atom stereocenters. The Balaban J connectivity index is 2.65. The second-order valence-electron chi connectivity index (χ2n) is 3.73. The second kappa shape index (κ2) is 7.76. The van der Waals surface area contributed by atoms with Gasteiger partial charge in [0.1, 0.15) is 5.75 Å². The number of halogens is 2. The molecule has 3 N–H and O–H groups in total. The third-order valence-electron chi connectivity index (χ3n) is 2.21. The molecular formula is C12H16Br2N2O2. The quantitative estimate of drug-likeness (QED) is 0.798. The zero-order chi connectivity index (χ0) is 13.5. The maximum Gasteiger partial charge on any atom is 0.257 e. The number of rotatable bonds is 6. The Kier molecular flexibility index (Phi) is 6.67. The molecule has 0 heterocycles. The molecule has 4 nitrogen and oxygen atoms in total. The first-order valence-corrected chi connectivity index (χ1v) is 7.24. The predicted molar refractivity (Wildman–Crippen MR) is 78.5 cm³/mol. The van der Waals surface area contributed by atoms with Gasteiger partial charge in [0.2, 0.25) is 0 Å². The van der Waals surface area contributed by atoms with E-state index in [2.05, 4.69) is 37.2 Å². The summed E-state index contributed by atoms with van der Waals surface area (Å²) in [5.74, 6) is 0.484. The van der Waals surface area contributed by atoms with E-state index >= 15 is 0 Å². The molecule has 1 amide bonds. The van der Waals surface area contributed by atoms with Crippen LogP contribution in [-0.4, -0.2) is 19.1 Å². The van der Waals surface area contributed by atoms with Gasteiger partial charge in [-0.25, -0.2) is 0 Å². The van der Waals surface area contributed by atoms with E-state index in [9.17, 15) is 4.79 Å². The summed E-state index contributed by atoms with van der Waals surface area (Å²) in [6.45, 7) is 3.12. The summed E-state index contributed by atoms with van der Waals surface area (Å²) in [7, 11) is 0. The van der Waals surface area contributed by atoms with Gasteiger partial charge in [-0.2, -0.15) is 0 Å². The summed E-state index contributed by atoms with van der Waals surface area (Å²) in [4.78, 5) is 11.4. The number of benzene rings is 1. The van der Waals surface area contributed by atoms with Crippen molar-refractivity contribution in [3.8, 4) is 5.75 Å². The topological polar surface area (TPSA) is 64.3 Å². The van der Waals surface area contributed by atoms with E-state index in [1.807, 2.05) is 19.1 Å². The molecule has 0 saturated carbocycles. The summed E-state index contributed by atoms with van der Waals surface area (Å²) in [6.07, 6.45) is 0.907. The SMILES string of the molecule is CCCNC(=O)COc1c(Br)cc(CN)cc1Br. The van der Waals surface area contributed by atoms with Gasteiger partial charge in [0, 0.05) is 13.1 Å². The van der Waals surface area contributed by atoms with Crippen molar-refractivity contribution in [1.82, 2.24) is 5.32 Å². The van der Waals surface area contributed by atoms with Crippen LogP contribution in [0.1, 0.15) is 18.9 Å². The van der Waals surface area contributed by atoms with Crippen molar-refractivity contribution in [1.29, 1.82) is 0 Å². The van der Waals surface area contributed by atoms with Gasteiger partial charge in [-0.15, -0.1) is 0 Å². The summed E-state index contributed by atoms with van der Waals surface area (Å²) in [5, 5.41) is 2.75. The van der Waals surface area contributed by atoms with Gasteiger partial charge in [-0.05, 0) is 56.0 Å². The first kappa shape index (κ1) is 15.5. The summed E-state index contributed by atoms with van der Waals surface area (Å²) < 4.78 is 7.04. The third-order valence-corrected chi connectivity index (χ3v) is 3.39. The molecule has 0 radical (unpaired) electrons. The fraction of sp³-hybridized carbons (Fsp3) is 0.417. The van der Waals surface area contributed by atoms with Crippen LogP contribution in [0.4, 0.5) is 0 Å². The van der Waals surface area contributed by atoms with Crippen LogP contribution in [0.15, 0.2) is 21.1 Å².